The topological polar surface area (TPSA) is 60.2 Å². The summed E-state index contributed by atoms with van der Waals surface area (Å²) in [7, 11) is 0. The first-order chi connectivity index (χ1) is 12.0. The molecule has 2 atom stereocenters. The van der Waals surface area contributed by atoms with Gasteiger partial charge in [0, 0.05) is 35.9 Å². The van der Waals surface area contributed by atoms with E-state index >= 15 is 0 Å². The molecule has 1 aliphatic heterocycles. The Hall–Kier alpha value is -2.75. The first-order valence-electron chi connectivity index (χ1n) is 8.20. The van der Waals surface area contributed by atoms with Crippen molar-refractivity contribution in [1.82, 2.24) is 9.88 Å². The van der Waals surface area contributed by atoms with Gasteiger partial charge in [-0.1, -0.05) is 24.3 Å². The fraction of sp³-hybridized carbons (Fsp3) is 0.389. The van der Waals surface area contributed by atoms with Crippen LogP contribution >= 0.6 is 0 Å². The lowest BCUT2D eigenvalue weighted by atomic mass is 10.1. The Labute approximate surface area is 143 Å². The highest BCUT2D eigenvalue weighted by Crippen LogP contribution is 2.40. The molecule has 7 heteroatoms. The van der Waals surface area contributed by atoms with Gasteiger partial charge in [-0.25, -0.2) is 13.6 Å². The number of hydrogen-bond donors (Lipinski definition) is 0. The molecule has 2 aromatic rings. The van der Waals surface area contributed by atoms with Crippen molar-refractivity contribution >= 4 is 22.5 Å². The molecule has 2 heterocycles. The molecule has 2 fully saturated rings. The summed E-state index contributed by atoms with van der Waals surface area (Å²) in [5, 5.41) is 11.2. The zero-order valence-corrected chi connectivity index (χ0v) is 13.4. The summed E-state index contributed by atoms with van der Waals surface area (Å²) in [4.78, 5) is 19.9. The number of carbonyl (C=O) groups excluding carboxylic acids is 1. The molecule has 4 rings (SSSR count). The maximum absolute atomic E-state index is 13.6. The van der Waals surface area contributed by atoms with Crippen molar-refractivity contribution in [3.8, 4) is 6.07 Å². The second-order valence-corrected chi connectivity index (χ2v) is 6.58. The maximum Gasteiger partial charge on any atom is 0.326 e. The summed E-state index contributed by atoms with van der Waals surface area (Å²) in [6, 6.07) is 7.96. The molecule has 25 heavy (non-hydrogen) atoms. The number of fused-ring (bicyclic) bond motifs is 1. The van der Waals surface area contributed by atoms with E-state index in [1.165, 1.54) is 9.80 Å². The van der Waals surface area contributed by atoms with E-state index in [0.29, 0.717) is 5.69 Å². The molecule has 0 bridgehead atoms. The zero-order chi connectivity index (χ0) is 17.6. The lowest BCUT2D eigenvalue weighted by Crippen LogP contribution is -2.39. The minimum absolute atomic E-state index is 0.138. The summed E-state index contributed by atoms with van der Waals surface area (Å²) in [5.74, 6) is -2.73. The highest BCUT2D eigenvalue weighted by Gasteiger charge is 2.48. The van der Waals surface area contributed by atoms with Crippen molar-refractivity contribution in [2.75, 3.05) is 11.4 Å². The van der Waals surface area contributed by atoms with Crippen LogP contribution in [-0.4, -0.2) is 40.5 Å². The minimum atomic E-state index is -2.73. The van der Waals surface area contributed by atoms with E-state index in [-0.39, 0.29) is 25.8 Å². The monoisotopic (exact) mass is 342 g/mol. The number of aromatic nitrogens is 1. The maximum atomic E-state index is 13.6. The van der Waals surface area contributed by atoms with Crippen LogP contribution in [0.3, 0.4) is 0 Å². The van der Waals surface area contributed by atoms with Gasteiger partial charge < -0.3 is 4.90 Å². The molecule has 0 radical (unpaired) electrons. The number of urea groups is 1. The van der Waals surface area contributed by atoms with Crippen molar-refractivity contribution in [3.63, 3.8) is 0 Å². The highest BCUT2D eigenvalue weighted by molar-refractivity contribution is 6.04. The van der Waals surface area contributed by atoms with E-state index in [4.69, 9.17) is 0 Å². The summed E-state index contributed by atoms with van der Waals surface area (Å²) < 4.78 is 27.1. The van der Waals surface area contributed by atoms with Gasteiger partial charge in [0.1, 0.15) is 6.04 Å². The Morgan fingerprint density at radius 2 is 2.08 bits per heavy atom. The molecule has 1 aromatic heterocycles. The lowest BCUT2D eigenvalue weighted by Gasteiger charge is -2.24. The number of nitrogens with zero attached hydrogens (tertiary/aromatic N) is 4. The molecule has 128 valence electrons. The van der Waals surface area contributed by atoms with E-state index in [1.807, 2.05) is 24.3 Å². The molecule has 2 unspecified atom stereocenters. The van der Waals surface area contributed by atoms with E-state index in [0.717, 1.165) is 10.8 Å². The van der Waals surface area contributed by atoms with Crippen molar-refractivity contribution in [3.05, 3.63) is 36.7 Å². The summed E-state index contributed by atoms with van der Waals surface area (Å²) in [6.45, 7) is 0.138. The second kappa shape index (κ2) is 5.66. The fourth-order valence-electron chi connectivity index (χ4n) is 3.78. The van der Waals surface area contributed by atoms with Gasteiger partial charge in [0.25, 0.3) is 0 Å². The number of anilines is 1. The average Bonchev–Trinajstić information content (AvgIpc) is 3.13. The number of halogens is 2. The number of pyridine rings is 1. The molecule has 1 aromatic carbocycles. The number of carbonyl (C=O) groups is 1. The number of alkyl halides is 2. The summed E-state index contributed by atoms with van der Waals surface area (Å²) in [6.07, 6.45) is 2.96. The van der Waals surface area contributed by atoms with Crippen molar-refractivity contribution in [2.24, 2.45) is 0 Å². The van der Waals surface area contributed by atoms with E-state index in [2.05, 4.69) is 11.1 Å². The van der Waals surface area contributed by atoms with Crippen LogP contribution in [0.5, 0.6) is 0 Å². The van der Waals surface area contributed by atoms with Crippen LogP contribution in [0.4, 0.5) is 19.3 Å². The summed E-state index contributed by atoms with van der Waals surface area (Å²) in [5.41, 5.74) is 0.543. The molecule has 0 spiro atoms. The van der Waals surface area contributed by atoms with Gasteiger partial charge in [0.15, 0.2) is 0 Å². The minimum Gasteiger partial charge on any atom is -0.318 e. The van der Waals surface area contributed by atoms with Crippen LogP contribution in [0.15, 0.2) is 36.7 Å². The Balaban J connectivity index is 1.72. The van der Waals surface area contributed by atoms with Crippen molar-refractivity contribution in [2.45, 2.75) is 37.3 Å². The van der Waals surface area contributed by atoms with Crippen LogP contribution in [0.2, 0.25) is 0 Å². The van der Waals surface area contributed by atoms with Gasteiger partial charge in [-0.05, 0) is 6.42 Å². The molecule has 2 amide bonds. The first kappa shape index (κ1) is 15.8. The third-order valence-corrected chi connectivity index (χ3v) is 5.01. The third-order valence-electron chi connectivity index (χ3n) is 5.01. The predicted octanol–water partition coefficient (Wildman–Crippen LogP) is 3.56. The molecule has 1 saturated carbocycles. The zero-order valence-electron chi connectivity index (χ0n) is 13.4. The number of hydrogen-bond acceptors (Lipinski definition) is 3. The first-order valence-corrected chi connectivity index (χ1v) is 8.20. The number of rotatable bonds is 2. The van der Waals surface area contributed by atoms with Crippen LogP contribution in [-0.2, 0) is 0 Å². The van der Waals surface area contributed by atoms with Gasteiger partial charge >= 0.3 is 6.03 Å². The summed E-state index contributed by atoms with van der Waals surface area (Å²) >= 11 is 0. The van der Waals surface area contributed by atoms with Crippen LogP contribution in [0.1, 0.15) is 19.3 Å². The van der Waals surface area contributed by atoms with E-state index < -0.39 is 24.0 Å². The largest absolute Gasteiger partial charge is 0.326 e. The van der Waals surface area contributed by atoms with Crippen LogP contribution < -0.4 is 4.90 Å². The predicted molar refractivity (Wildman–Crippen MR) is 88.3 cm³/mol. The van der Waals surface area contributed by atoms with Gasteiger partial charge in [0.2, 0.25) is 5.92 Å². The quantitative estimate of drug-likeness (QED) is 0.838. The van der Waals surface area contributed by atoms with Gasteiger partial charge in [-0.3, -0.25) is 9.88 Å². The standard InChI is InChI=1S/C18H16F2N4O/c19-18(20)6-5-13(7-18)23-11-14(8-21)24(17(23)25)16-10-22-9-12-3-1-2-4-15(12)16/h1-4,9-10,13-14H,5-7,11H2. The molecule has 0 N–H and O–H groups in total. The van der Waals surface area contributed by atoms with E-state index in [9.17, 15) is 18.8 Å². The number of amides is 2. The smallest absolute Gasteiger partial charge is 0.318 e. The van der Waals surface area contributed by atoms with Crippen LogP contribution in [0.25, 0.3) is 10.8 Å². The third kappa shape index (κ3) is 2.58. The Bertz CT molecular complexity index is 874. The van der Waals surface area contributed by atoms with Gasteiger partial charge in [-0.15, -0.1) is 0 Å². The highest BCUT2D eigenvalue weighted by atomic mass is 19.3. The lowest BCUT2D eigenvalue weighted by molar-refractivity contribution is 0.00359. The Morgan fingerprint density at radius 3 is 2.80 bits per heavy atom. The second-order valence-electron chi connectivity index (χ2n) is 6.58. The normalized spacial score (nSPS) is 25.6. The van der Waals surface area contributed by atoms with Crippen molar-refractivity contribution in [1.29, 1.82) is 5.26 Å². The Morgan fingerprint density at radius 1 is 1.28 bits per heavy atom. The molecule has 1 aliphatic carbocycles. The molecule has 1 saturated heterocycles. The number of benzene rings is 1. The SMILES string of the molecule is N#CC1CN(C2CCC(F)(F)C2)C(=O)N1c1cncc2ccccc12. The Kier molecular flexibility index (Phi) is 3.57. The number of nitriles is 1. The molecular formula is C18H16F2N4O. The molecule has 5 nitrogen and oxygen atoms in total. The van der Waals surface area contributed by atoms with E-state index in [1.54, 1.807) is 12.4 Å². The average molecular weight is 342 g/mol. The van der Waals surface area contributed by atoms with Gasteiger partial charge in [0.05, 0.1) is 24.5 Å². The van der Waals surface area contributed by atoms with Gasteiger partial charge in [-0.2, -0.15) is 5.26 Å². The van der Waals surface area contributed by atoms with Crippen molar-refractivity contribution < 1.29 is 13.6 Å². The molecule has 2 aliphatic rings. The fourth-order valence-corrected chi connectivity index (χ4v) is 3.78. The molecular weight excluding hydrogens is 326 g/mol. The van der Waals surface area contributed by atoms with Crippen LogP contribution in [0, 0.1) is 11.3 Å².